The van der Waals surface area contributed by atoms with Crippen LogP contribution in [0.25, 0.3) is 0 Å². The normalized spacial score (nSPS) is 10.4. The molecule has 9 heteroatoms. The van der Waals surface area contributed by atoms with Gasteiger partial charge in [-0.3, -0.25) is 4.79 Å². The van der Waals surface area contributed by atoms with Gasteiger partial charge in [0.05, 0.1) is 19.8 Å². The van der Waals surface area contributed by atoms with E-state index in [2.05, 4.69) is 30.9 Å². The minimum Gasteiger partial charge on any atom is -0.493 e. The second-order valence-corrected chi connectivity index (χ2v) is 7.73. The number of nitrogens with one attached hydrogen (secondary N) is 3. The van der Waals surface area contributed by atoms with E-state index >= 15 is 0 Å². The largest absolute Gasteiger partial charge is 0.493 e. The lowest BCUT2D eigenvalue weighted by atomic mass is 10.1. The van der Waals surface area contributed by atoms with Gasteiger partial charge in [0.15, 0.2) is 11.5 Å². The maximum atomic E-state index is 12.8. The molecule has 2 heterocycles. The zero-order chi connectivity index (χ0) is 24.8. The summed E-state index contributed by atoms with van der Waals surface area (Å²) in [5.41, 5.74) is 2.93. The van der Waals surface area contributed by atoms with Crippen LogP contribution in [0.4, 0.5) is 28.8 Å². The lowest BCUT2D eigenvalue weighted by molar-refractivity contribution is 0.102. The molecule has 0 spiro atoms. The summed E-state index contributed by atoms with van der Waals surface area (Å²) < 4.78 is 10.6. The summed E-state index contributed by atoms with van der Waals surface area (Å²) >= 11 is 0. The van der Waals surface area contributed by atoms with Crippen molar-refractivity contribution in [1.82, 2.24) is 15.0 Å². The smallest absolute Gasteiger partial charge is 0.259 e. The maximum absolute atomic E-state index is 12.8. The van der Waals surface area contributed by atoms with Crippen molar-refractivity contribution in [3.63, 3.8) is 0 Å². The number of para-hydroxylation sites is 1. The van der Waals surface area contributed by atoms with Gasteiger partial charge in [0.1, 0.15) is 23.3 Å². The van der Waals surface area contributed by atoms with E-state index in [0.717, 1.165) is 11.3 Å². The molecular weight excluding hydrogens is 444 g/mol. The van der Waals surface area contributed by atoms with Crippen molar-refractivity contribution < 1.29 is 14.3 Å². The van der Waals surface area contributed by atoms with Gasteiger partial charge in [-0.15, -0.1) is 0 Å². The highest BCUT2D eigenvalue weighted by Gasteiger charge is 2.16. The molecule has 9 nitrogen and oxygen atoms in total. The first-order valence-corrected chi connectivity index (χ1v) is 10.9. The molecule has 0 fully saturated rings. The number of pyridine rings is 1. The Morgan fingerprint density at radius 2 is 1.51 bits per heavy atom. The number of benzene rings is 2. The first kappa shape index (κ1) is 23.5. The molecule has 0 saturated heterocycles. The van der Waals surface area contributed by atoms with E-state index in [9.17, 15) is 4.79 Å². The zero-order valence-corrected chi connectivity index (χ0v) is 19.9. The average Bonchev–Trinajstić information content (AvgIpc) is 2.84. The third-order valence-corrected chi connectivity index (χ3v) is 5.07. The minimum absolute atomic E-state index is 0.298. The number of aromatic nitrogens is 3. The fourth-order valence-corrected chi connectivity index (χ4v) is 3.48. The van der Waals surface area contributed by atoms with Gasteiger partial charge in [0.2, 0.25) is 0 Å². The zero-order valence-electron chi connectivity index (χ0n) is 19.9. The Balaban J connectivity index is 1.45. The second-order valence-electron chi connectivity index (χ2n) is 7.73. The molecule has 2 aromatic heterocycles. The molecule has 35 heavy (non-hydrogen) atoms. The fraction of sp³-hybridized carbons (Fsp3) is 0.154. The van der Waals surface area contributed by atoms with Crippen molar-refractivity contribution in [3.05, 3.63) is 83.8 Å². The van der Waals surface area contributed by atoms with Crippen LogP contribution < -0.4 is 25.4 Å². The first-order valence-electron chi connectivity index (χ1n) is 10.9. The predicted molar refractivity (Wildman–Crippen MR) is 136 cm³/mol. The minimum atomic E-state index is -0.298. The summed E-state index contributed by atoms with van der Waals surface area (Å²) in [5.74, 6) is 3.17. The molecule has 2 aromatic carbocycles. The van der Waals surface area contributed by atoms with Crippen LogP contribution in [-0.2, 0) is 0 Å². The molecule has 0 bridgehead atoms. The number of methoxy groups -OCH3 is 2. The number of hydrogen-bond donors (Lipinski definition) is 3. The van der Waals surface area contributed by atoms with E-state index < -0.39 is 0 Å². The van der Waals surface area contributed by atoms with Gasteiger partial charge in [-0.05, 0) is 67.9 Å². The second kappa shape index (κ2) is 10.5. The summed E-state index contributed by atoms with van der Waals surface area (Å²) in [4.78, 5) is 26.0. The lowest BCUT2D eigenvalue weighted by Gasteiger charge is -2.13. The summed E-state index contributed by atoms with van der Waals surface area (Å²) in [5, 5.41) is 9.35. The van der Waals surface area contributed by atoms with Crippen LogP contribution in [0.2, 0.25) is 0 Å². The Kier molecular flexibility index (Phi) is 7.06. The molecule has 4 rings (SSSR count). The first-order chi connectivity index (χ1) is 16.9. The Bertz CT molecular complexity index is 1340. The van der Waals surface area contributed by atoms with E-state index in [1.165, 1.54) is 14.2 Å². The molecule has 1 amide bonds. The third kappa shape index (κ3) is 5.83. The van der Waals surface area contributed by atoms with Gasteiger partial charge < -0.3 is 25.4 Å². The number of ether oxygens (including phenoxy) is 2. The predicted octanol–water partition coefficient (Wildman–Crippen LogP) is 5.25. The quantitative estimate of drug-likeness (QED) is 0.320. The molecule has 3 N–H and O–H groups in total. The van der Waals surface area contributed by atoms with Crippen LogP contribution in [0.3, 0.4) is 0 Å². The number of aryl methyl sites for hydroxylation is 2. The monoisotopic (exact) mass is 470 g/mol. The Morgan fingerprint density at radius 1 is 0.800 bits per heavy atom. The van der Waals surface area contributed by atoms with E-state index in [4.69, 9.17) is 9.47 Å². The van der Waals surface area contributed by atoms with Crippen molar-refractivity contribution >= 4 is 34.7 Å². The van der Waals surface area contributed by atoms with Gasteiger partial charge >= 0.3 is 0 Å². The van der Waals surface area contributed by atoms with E-state index in [1.807, 2.05) is 44.2 Å². The Hall–Kier alpha value is -4.66. The highest BCUT2D eigenvalue weighted by atomic mass is 16.5. The Labute approximate surface area is 203 Å². The molecule has 0 aliphatic heterocycles. The average molecular weight is 471 g/mol. The lowest BCUT2D eigenvalue weighted by Crippen LogP contribution is -2.13. The Morgan fingerprint density at radius 3 is 2.20 bits per heavy atom. The van der Waals surface area contributed by atoms with E-state index in [0.29, 0.717) is 46.0 Å². The number of hydrogen-bond acceptors (Lipinski definition) is 8. The number of rotatable bonds is 8. The van der Waals surface area contributed by atoms with Crippen LogP contribution in [0.15, 0.2) is 66.9 Å². The fourth-order valence-electron chi connectivity index (χ4n) is 3.48. The molecular formula is C26H26N6O3. The molecule has 178 valence electrons. The van der Waals surface area contributed by atoms with Crippen LogP contribution in [0.5, 0.6) is 11.5 Å². The van der Waals surface area contributed by atoms with Crippen molar-refractivity contribution in [2.75, 3.05) is 30.2 Å². The molecule has 0 aliphatic rings. The van der Waals surface area contributed by atoms with Crippen LogP contribution in [0.1, 0.15) is 21.7 Å². The van der Waals surface area contributed by atoms with E-state index in [1.54, 1.807) is 36.5 Å². The summed E-state index contributed by atoms with van der Waals surface area (Å²) in [6.45, 7) is 3.83. The topological polar surface area (TPSA) is 110 Å². The van der Waals surface area contributed by atoms with E-state index in [-0.39, 0.29) is 5.91 Å². The molecule has 0 aliphatic carbocycles. The van der Waals surface area contributed by atoms with Crippen LogP contribution in [0, 0.1) is 13.8 Å². The molecule has 0 unspecified atom stereocenters. The van der Waals surface area contributed by atoms with Crippen molar-refractivity contribution in [3.8, 4) is 11.5 Å². The third-order valence-electron chi connectivity index (χ3n) is 5.07. The molecule has 0 saturated carbocycles. The highest BCUT2D eigenvalue weighted by molar-refractivity contribution is 6.06. The van der Waals surface area contributed by atoms with Gasteiger partial charge in [0, 0.05) is 23.6 Å². The summed E-state index contributed by atoms with van der Waals surface area (Å²) in [6, 6.07) is 18.2. The molecule has 0 radical (unpaired) electrons. The number of carbonyl (C=O) groups excluding carboxylic acids is 1. The number of amides is 1. The van der Waals surface area contributed by atoms with Gasteiger partial charge in [-0.1, -0.05) is 6.07 Å². The number of anilines is 5. The van der Waals surface area contributed by atoms with Crippen LogP contribution in [-0.4, -0.2) is 35.1 Å². The number of nitrogens with zero attached hydrogens (tertiary/aromatic N) is 3. The summed E-state index contributed by atoms with van der Waals surface area (Å²) in [7, 11) is 3.03. The van der Waals surface area contributed by atoms with Crippen LogP contribution >= 0.6 is 0 Å². The number of carbonyl (C=O) groups is 1. The highest BCUT2D eigenvalue weighted by Crippen LogP contribution is 2.31. The van der Waals surface area contributed by atoms with Crippen molar-refractivity contribution in [2.45, 2.75) is 13.8 Å². The van der Waals surface area contributed by atoms with Gasteiger partial charge in [-0.25, -0.2) is 15.0 Å². The standard InChI is InChI=1S/C26H26N6O3/c1-16-12-13-27-22(14-16)32-24-15-23(28-17(2)29-24)30-18-8-10-19(11-9-18)31-26(33)20-6-5-7-21(34-3)25(20)35-4/h5-15H,1-4H3,(H,31,33)(H2,27,28,29,30,32). The summed E-state index contributed by atoms with van der Waals surface area (Å²) in [6.07, 6.45) is 1.75. The maximum Gasteiger partial charge on any atom is 0.259 e. The molecule has 4 aromatic rings. The van der Waals surface area contributed by atoms with Gasteiger partial charge in [-0.2, -0.15) is 0 Å². The van der Waals surface area contributed by atoms with Crippen molar-refractivity contribution in [2.24, 2.45) is 0 Å². The SMILES string of the molecule is COc1cccc(C(=O)Nc2ccc(Nc3cc(Nc4cc(C)ccn4)nc(C)n3)cc2)c1OC. The van der Waals surface area contributed by atoms with Gasteiger partial charge in [0.25, 0.3) is 5.91 Å². The molecule has 0 atom stereocenters. The van der Waals surface area contributed by atoms with Crippen molar-refractivity contribution in [1.29, 1.82) is 0 Å².